The number of β-amino-alcohol motifs (C(OH)–C–C–N with tert-alkyl or cyclic N) is 1. The Kier molecular flexibility index (Phi) is 4.28. The number of halogens is 1. The number of benzene rings is 2. The van der Waals surface area contributed by atoms with Gasteiger partial charge in [0.25, 0.3) is 11.8 Å². The van der Waals surface area contributed by atoms with E-state index in [-0.39, 0.29) is 35.4 Å². The normalized spacial score (nSPS) is 19.4. The second kappa shape index (κ2) is 6.80. The van der Waals surface area contributed by atoms with Crippen LogP contribution in [0.4, 0.5) is 5.69 Å². The summed E-state index contributed by atoms with van der Waals surface area (Å²) >= 11 is 6.10. The molecule has 0 unspecified atom stereocenters. The van der Waals surface area contributed by atoms with Gasteiger partial charge in [-0.1, -0.05) is 35.9 Å². The Labute approximate surface area is 181 Å². The van der Waals surface area contributed by atoms with E-state index < -0.39 is 29.4 Å². The van der Waals surface area contributed by atoms with Gasteiger partial charge in [0.1, 0.15) is 5.58 Å². The summed E-state index contributed by atoms with van der Waals surface area (Å²) in [6.07, 6.45) is 1.57. The Morgan fingerprint density at radius 2 is 1.94 bits per heavy atom. The highest BCUT2D eigenvalue weighted by Crippen LogP contribution is 2.52. The van der Waals surface area contributed by atoms with Crippen LogP contribution in [0.15, 0.2) is 64.3 Å². The molecule has 2 aromatic carbocycles. The number of nitrogens with zero attached hydrogens (tertiary/aromatic N) is 2. The molecule has 2 aliphatic heterocycles. The minimum atomic E-state index is -1.73. The zero-order chi connectivity index (χ0) is 21.9. The zero-order valence-electron chi connectivity index (χ0n) is 16.3. The topological polar surface area (TPSA) is 91.1 Å². The van der Waals surface area contributed by atoms with Crippen molar-refractivity contribution in [1.82, 2.24) is 4.90 Å². The first-order valence-corrected chi connectivity index (χ1v) is 10.1. The van der Waals surface area contributed by atoms with Gasteiger partial charge in [0, 0.05) is 23.7 Å². The van der Waals surface area contributed by atoms with E-state index >= 15 is 0 Å². The molecule has 0 bridgehead atoms. The summed E-state index contributed by atoms with van der Waals surface area (Å²) in [4.78, 5) is 43.7. The van der Waals surface area contributed by atoms with E-state index in [1.165, 1.54) is 21.9 Å². The summed E-state index contributed by atoms with van der Waals surface area (Å²) in [5, 5.41) is 10.2. The van der Waals surface area contributed by atoms with Gasteiger partial charge in [-0.2, -0.15) is 0 Å². The van der Waals surface area contributed by atoms with Gasteiger partial charge in [-0.05, 0) is 24.3 Å². The van der Waals surface area contributed by atoms with Crippen LogP contribution in [-0.2, 0) is 10.3 Å². The van der Waals surface area contributed by atoms with Crippen LogP contribution in [0.2, 0.25) is 5.02 Å². The van der Waals surface area contributed by atoms with E-state index in [2.05, 4.69) is 6.58 Å². The predicted octanol–water partition coefficient (Wildman–Crippen LogP) is 2.67. The van der Waals surface area contributed by atoms with Crippen molar-refractivity contribution in [3.63, 3.8) is 0 Å². The van der Waals surface area contributed by atoms with Crippen LogP contribution in [0.25, 0.3) is 11.0 Å². The average Bonchev–Trinajstić information content (AvgIpc) is 3.15. The molecule has 2 aliphatic rings. The van der Waals surface area contributed by atoms with Crippen molar-refractivity contribution < 1.29 is 19.1 Å². The van der Waals surface area contributed by atoms with Crippen LogP contribution in [0.3, 0.4) is 0 Å². The largest absolute Gasteiger partial charge is 0.450 e. The molecule has 2 amide bonds. The third-order valence-electron chi connectivity index (χ3n) is 5.83. The molecule has 1 N–H and O–H groups in total. The van der Waals surface area contributed by atoms with Crippen molar-refractivity contribution in [2.24, 2.45) is 0 Å². The maximum Gasteiger partial charge on any atom is 0.291 e. The predicted molar refractivity (Wildman–Crippen MR) is 115 cm³/mol. The smallest absolute Gasteiger partial charge is 0.291 e. The monoisotopic (exact) mass is 436 g/mol. The number of aliphatic hydroxyl groups is 1. The number of amides is 2. The van der Waals surface area contributed by atoms with E-state index in [4.69, 9.17) is 16.0 Å². The van der Waals surface area contributed by atoms with Gasteiger partial charge in [0.05, 0.1) is 23.2 Å². The first-order chi connectivity index (χ1) is 15.0. The molecule has 3 aromatic rings. The van der Waals surface area contributed by atoms with Gasteiger partial charge >= 0.3 is 0 Å². The van der Waals surface area contributed by atoms with Gasteiger partial charge in [-0.25, -0.2) is 0 Å². The summed E-state index contributed by atoms with van der Waals surface area (Å²) < 4.78 is 5.85. The average molecular weight is 437 g/mol. The molecule has 1 atom stereocenters. The van der Waals surface area contributed by atoms with Gasteiger partial charge in [-0.15, -0.1) is 6.58 Å². The van der Waals surface area contributed by atoms with Gasteiger partial charge in [0.2, 0.25) is 5.76 Å². The summed E-state index contributed by atoms with van der Waals surface area (Å²) in [7, 11) is 0. The molecule has 0 saturated carbocycles. The van der Waals surface area contributed by atoms with Crippen LogP contribution in [0.5, 0.6) is 0 Å². The van der Waals surface area contributed by atoms with Crippen molar-refractivity contribution >= 4 is 40.1 Å². The lowest BCUT2D eigenvalue weighted by Gasteiger charge is -2.33. The van der Waals surface area contributed by atoms with Crippen molar-refractivity contribution in [1.29, 1.82) is 0 Å². The lowest BCUT2D eigenvalue weighted by atomic mass is 9.84. The number of hydrogen-bond donors (Lipinski definition) is 1. The Balaban J connectivity index is 1.94. The molecule has 1 aromatic heterocycles. The third kappa shape index (κ3) is 2.35. The minimum absolute atomic E-state index is 0.0512. The van der Waals surface area contributed by atoms with Crippen LogP contribution in [0, 0.1) is 0 Å². The first-order valence-electron chi connectivity index (χ1n) is 9.68. The summed E-state index contributed by atoms with van der Waals surface area (Å²) in [6.45, 7) is 3.37. The maximum atomic E-state index is 13.9. The van der Waals surface area contributed by atoms with E-state index in [1.807, 2.05) is 0 Å². The van der Waals surface area contributed by atoms with Crippen molar-refractivity contribution in [2.45, 2.75) is 5.54 Å². The SMILES string of the molecule is C=CCN1C(=O)[C@@]2(c3ccccc31)c1c(oc3ccc(Cl)cc3c1=O)C(=O)N2CCO. The Hall–Kier alpha value is -3.42. The molecule has 0 fully saturated rings. The fourth-order valence-electron chi connectivity index (χ4n) is 4.67. The number of carbonyl (C=O) groups excluding carboxylic acids is 2. The molecule has 1 spiro atoms. The summed E-state index contributed by atoms with van der Waals surface area (Å²) in [6, 6.07) is 11.5. The zero-order valence-corrected chi connectivity index (χ0v) is 17.1. The molecule has 3 heterocycles. The summed E-state index contributed by atoms with van der Waals surface area (Å²) in [5.74, 6) is -1.29. The van der Waals surface area contributed by atoms with Crippen molar-refractivity contribution in [3.8, 4) is 0 Å². The lowest BCUT2D eigenvalue weighted by molar-refractivity contribution is -0.126. The molecule has 0 aliphatic carbocycles. The van der Waals surface area contributed by atoms with E-state index in [9.17, 15) is 19.5 Å². The molecular weight excluding hydrogens is 420 g/mol. The minimum Gasteiger partial charge on any atom is -0.450 e. The number of para-hydroxylation sites is 1. The lowest BCUT2D eigenvalue weighted by Crippen LogP contribution is -2.54. The number of carbonyl (C=O) groups is 2. The highest BCUT2D eigenvalue weighted by atomic mass is 35.5. The molecule has 7 nitrogen and oxygen atoms in total. The van der Waals surface area contributed by atoms with Gasteiger partial charge in [-0.3, -0.25) is 14.4 Å². The molecule has 156 valence electrons. The Morgan fingerprint density at radius 3 is 2.68 bits per heavy atom. The summed E-state index contributed by atoms with van der Waals surface area (Å²) in [5.41, 5.74) is -1.03. The van der Waals surface area contributed by atoms with E-state index in [0.29, 0.717) is 16.3 Å². The number of fused-ring (bicyclic) bond motifs is 5. The molecular formula is C23H17ClN2O5. The fourth-order valence-corrected chi connectivity index (χ4v) is 4.85. The number of hydrogen-bond acceptors (Lipinski definition) is 5. The highest BCUT2D eigenvalue weighted by molar-refractivity contribution is 6.31. The molecule has 0 saturated heterocycles. The quantitative estimate of drug-likeness (QED) is 0.635. The maximum absolute atomic E-state index is 13.9. The molecule has 0 radical (unpaired) electrons. The van der Waals surface area contributed by atoms with Crippen molar-refractivity contribution in [2.75, 3.05) is 24.6 Å². The van der Waals surface area contributed by atoms with Crippen LogP contribution in [0.1, 0.15) is 21.7 Å². The molecule has 5 rings (SSSR count). The van der Waals surface area contributed by atoms with E-state index in [1.54, 1.807) is 36.4 Å². The third-order valence-corrected chi connectivity index (χ3v) is 6.07. The molecule has 8 heteroatoms. The Bertz CT molecular complexity index is 1350. The first kappa shape index (κ1) is 19.5. The van der Waals surface area contributed by atoms with E-state index in [0.717, 1.165) is 0 Å². The van der Waals surface area contributed by atoms with Crippen LogP contribution < -0.4 is 10.3 Å². The number of anilines is 1. The standard InChI is InChI=1S/C23H17ClN2O5/c1-2-9-25-16-6-4-3-5-15(16)23(22(25)30)18-19(28)14-12-13(24)7-8-17(14)31-20(18)21(29)26(23)10-11-27/h2-8,12,27H,1,9-11H2/t23-/m1/s1. The number of rotatable bonds is 4. The van der Waals surface area contributed by atoms with Crippen LogP contribution in [-0.4, -0.2) is 41.5 Å². The van der Waals surface area contributed by atoms with Crippen LogP contribution >= 0.6 is 11.6 Å². The fraction of sp³-hybridized carbons (Fsp3) is 0.174. The molecule has 31 heavy (non-hydrogen) atoms. The number of aliphatic hydroxyl groups excluding tert-OH is 1. The van der Waals surface area contributed by atoms with Gasteiger partial charge < -0.3 is 19.3 Å². The van der Waals surface area contributed by atoms with Gasteiger partial charge in [0.15, 0.2) is 11.0 Å². The second-order valence-corrected chi connectivity index (χ2v) is 7.82. The van der Waals surface area contributed by atoms with Crippen molar-refractivity contribution in [3.05, 3.63) is 87.3 Å². The highest BCUT2D eigenvalue weighted by Gasteiger charge is 2.64. The Morgan fingerprint density at radius 1 is 1.16 bits per heavy atom. The second-order valence-electron chi connectivity index (χ2n) is 7.39.